The number of hydrogen-bond donors (Lipinski definition) is 0. The Kier molecular flexibility index (Phi) is 6.59. The first-order valence-corrected chi connectivity index (χ1v) is 12.6. The van der Waals surface area contributed by atoms with Gasteiger partial charge >= 0.3 is 0 Å². The highest BCUT2D eigenvalue weighted by Gasteiger charge is 2.49. The third kappa shape index (κ3) is 4.76. The quantitative estimate of drug-likeness (QED) is 0.329. The molecule has 0 N–H and O–H groups in total. The van der Waals surface area contributed by atoms with Crippen molar-refractivity contribution in [3.8, 4) is 0 Å². The second-order valence-corrected chi connectivity index (χ2v) is 10.9. The minimum absolute atomic E-state index is 0.0492. The van der Waals surface area contributed by atoms with E-state index in [0.29, 0.717) is 51.0 Å². The smallest absolute Gasteiger partial charge is 0.206 e. The number of carbonyl (C=O) groups is 2. The Hall–Kier alpha value is -3.21. The van der Waals surface area contributed by atoms with Crippen molar-refractivity contribution in [2.24, 2.45) is 16.3 Å². The van der Waals surface area contributed by atoms with Gasteiger partial charge in [0.15, 0.2) is 11.6 Å². The van der Waals surface area contributed by atoms with E-state index in [4.69, 9.17) is 32.9 Å². The minimum Gasteiger partial charge on any atom is -0.446 e. The molecule has 182 valence electrons. The van der Waals surface area contributed by atoms with E-state index >= 15 is 0 Å². The zero-order valence-corrected chi connectivity index (χ0v) is 21.5. The van der Waals surface area contributed by atoms with E-state index in [-0.39, 0.29) is 22.9 Å². The monoisotopic (exact) mass is 517 g/mol. The van der Waals surface area contributed by atoms with E-state index in [1.807, 2.05) is 62.4 Å². The van der Waals surface area contributed by atoms with Gasteiger partial charge in [0.1, 0.15) is 11.7 Å². The average molecular weight is 518 g/mol. The molecule has 0 bridgehead atoms. The van der Waals surface area contributed by atoms with Gasteiger partial charge in [-0.1, -0.05) is 85.6 Å². The lowest BCUT2D eigenvalue weighted by Gasteiger charge is -2.41. The standard InChI is InChI=1S/C30H25Cl2NO3/c1-30(2)16-23(34)26-24(17-30)36-29(33-20-11-7-4-8-12-20)27(28(35)18-9-5-3-6-10-18)25(26)21-15-19(31)13-14-22(21)32/h3-15,25,27H,16-17H2,1-2H3. The normalized spacial score (nSPS) is 22.2. The van der Waals surface area contributed by atoms with Gasteiger partial charge in [0.2, 0.25) is 5.90 Å². The highest BCUT2D eigenvalue weighted by atomic mass is 35.5. The summed E-state index contributed by atoms with van der Waals surface area (Å²) >= 11 is 13.1. The summed E-state index contributed by atoms with van der Waals surface area (Å²) in [5, 5.41) is 0.903. The number of benzene rings is 3. The fourth-order valence-electron chi connectivity index (χ4n) is 5.07. The van der Waals surface area contributed by atoms with Gasteiger partial charge in [0.25, 0.3) is 0 Å². The van der Waals surface area contributed by atoms with Crippen molar-refractivity contribution in [3.05, 3.63) is 111 Å². The van der Waals surface area contributed by atoms with Crippen LogP contribution in [0.4, 0.5) is 5.69 Å². The van der Waals surface area contributed by atoms with Crippen LogP contribution in [0.25, 0.3) is 0 Å². The van der Waals surface area contributed by atoms with Crippen molar-refractivity contribution in [2.45, 2.75) is 32.6 Å². The van der Waals surface area contributed by atoms with Crippen molar-refractivity contribution >= 4 is 46.4 Å². The maximum absolute atomic E-state index is 14.1. The van der Waals surface area contributed by atoms with Crippen molar-refractivity contribution in [1.29, 1.82) is 0 Å². The fourth-order valence-corrected chi connectivity index (χ4v) is 5.49. The summed E-state index contributed by atoms with van der Waals surface area (Å²) in [6.07, 6.45) is 0.893. The molecule has 0 amide bonds. The SMILES string of the molecule is CC1(C)CC(=O)C2=C(C1)OC(=Nc1ccccc1)C(C(=O)c1ccccc1)C2c1cc(Cl)ccc1Cl. The molecular weight excluding hydrogens is 493 g/mol. The van der Waals surface area contributed by atoms with Crippen LogP contribution in [0.15, 0.2) is 95.2 Å². The Morgan fingerprint density at radius 1 is 0.944 bits per heavy atom. The molecule has 0 fully saturated rings. The van der Waals surface area contributed by atoms with Crippen LogP contribution in [0.1, 0.15) is 48.5 Å². The second-order valence-electron chi connectivity index (χ2n) is 10.0. The van der Waals surface area contributed by atoms with Gasteiger partial charge in [-0.15, -0.1) is 0 Å². The van der Waals surface area contributed by atoms with Crippen molar-refractivity contribution in [3.63, 3.8) is 0 Å². The van der Waals surface area contributed by atoms with E-state index in [1.165, 1.54) is 0 Å². The number of hydrogen-bond acceptors (Lipinski definition) is 4. The lowest BCUT2D eigenvalue weighted by molar-refractivity contribution is -0.119. The van der Waals surface area contributed by atoms with Gasteiger partial charge in [-0.25, -0.2) is 4.99 Å². The summed E-state index contributed by atoms with van der Waals surface area (Å²) in [7, 11) is 0. The van der Waals surface area contributed by atoms with Crippen LogP contribution in [0.2, 0.25) is 10.0 Å². The summed E-state index contributed by atoms with van der Waals surface area (Å²) in [6.45, 7) is 4.07. The first kappa shape index (κ1) is 24.5. The molecule has 0 saturated carbocycles. The number of para-hydroxylation sites is 1. The first-order chi connectivity index (χ1) is 17.2. The predicted molar refractivity (Wildman–Crippen MR) is 143 cm³/mol. The Balaban J connectivity index is 1.79. The molecule has 4 nitrogen and oxygen atoms in total. The van der Waals surface area contributed by atoms with E-state index in [0.717, 1.165) is 0 Å². The number of ether oxygens (including phenoxy) is 1. The molecule has 2 aliphatic rings. The van der Waals surface area contributed by atoms with Crippen LogP contribution in [-0.2, 0) is 9.53 Å². The number of halogens is 2. The highest BCUT2D eigenvalue weighted by Crippen LogP contribution is 2.50. The molecular formula is C30H25Cl2NO3. The number of ketones is 2. The number of Topliss-reactive ketones (excluding diaryl/α,β-unsaturated/α-hetero) is 2. The number of aliphatic imine (C=N–C) groups is 1. The summed E-state index contributed by atoms with van der Waals surface area (Å²) in [6, 6.07) is 23.5. The summed E-state index contributed by atoms with van der Waals surface area (Å²) in [5.41, 5.74) is 1.97. The number of allylic oxidation sites excluding steroid dienone is 2. The third-order valence-corrected chi connectivity index (χ3v) is 7.23. The molecule has 0 radical (unpaired) electrons. The topological polar surface area (TPSA) is 55.7 Å². The molecule has 1 aliphatic carbocycles. The lowest BCUT2D eigenvalue weighted by Crippen LogP contribution is -2.42. The van der Waals surface area contributed by atoms with Crippen LogP contribution >= 0.6 is 23.2 Å². The lowest BCUT2D eigenvalue weighted by atomic mass is 9.67. The van der Waals surface area contributed by atoms with Crippen LogP contribution in [-0.4, -0.2) is 17.5 Å². The molecule has 2 atom stereocenters. The Morgan fingerprint density at radius 3 is 2.31 bits per heavy atom. The van der Waals surface area contributed by atoms with Crippen LogP contribution in [0.3, 0.4) is 0 Å². The summed E-state index contributed by atoms with van der Waals surface area (Å²) in [4.78, 5) is 32.5. The molecule has 5 rings (SSSR count). The van der Waals surface area contributed by atoms with Gasteiger partial charge < -0.3 is 4.74 Å². The van der Waals surface area contributed by atoms with E-state index in [9.17, 15) is 9.59 Å². The molecule has 0 saturated heterocycles. The maximum atomic E-state index is 14.1. The highest BCUT2D eigenvalue weighted by molar-refractivity contribution is 6.34. The van der Waals surface area contributed by atoms with Crippen LogP contribution in [0.5, 0.6) is 0 Å². The molecule has 2 unspecified atom stereocenters. The Bertz CT molecular complexity index is 1390. The van der Waals surface area contributed by atoms with Gasteiger partial charge in [-0.2, -0.15) is 0 Å². The third-order valence-electron chi connectivity index (χ3n) is 6.65. The molecule has 6 heteroatoms. The maximum Gasteiger partial charge on any atom is 0.206 e. The first-order valence-electron chi connectivity index (χ1n) is 11.9. The molecule has 0 aromatic heterocycles. The minimum atomic E-state index is -0.896. The van der Waals surface area contributed by atoms with E-state index in [1.54, 1.807) is 30.3 Å². The van der Waals surface area contributed by atoms with Gasteiger partial charge in [0, 0.05) is 39.9 Å². The zero-order chi connectivity index (χ0) is 25.4. The Morgan fingerprint density at radius 2 is 1.61 bits per heavy atom. The molecule has 36 heavy (non-hydrogen) atoms. The zero-order valence-electron chi connectivity index (χ0n) is 20.0. The molecule has 1 aliphatic heterocycles. The van der Waals surface area contributed by atoms with E-state index < -0.39 is 11.8 Å². The second kappa shape index (κ2) is 9.68. The van der Waals surface area contributed by atoms with Gasteiger partial charge in [0.05, 0.1) is 5.69 Å². The van der Waals surface area contributed by atoms with Gasteiger partial charge in [-0.05, 0) is 41.3 Å². The fraction of sp³-hybridized carbons (Fsp3) is 0.233. The summed E-state index contributed by atoms with van der Waals surface area (Å²) in [5.74, 6) is -1.03. The van der Waals surface area contributed by atoms with Gasteiger partial charge in [-0.3, -0.25) is 9.59 Å². The average Bonchev–Trinajstić information content (AvgIpc) is 2.85. The molecule has 3 aromatic rings. The molecule has 1 heterocycles. The number of rotatable bonds is 4. The predicted octanol–water partition coefficient (Wildman–Crippen LogP) is 7.98. The number of nitrogens with zero attached hydrogens (tertiary/aromatic N) is 1. The van der Waals surface area contributed by atoms with Crippen molar-refractivity contribution < 1.29 is 14.3 Å². The Labute approximate surface area is 220 Å². The molecule has 3 aromatic carbocycles. The van der Waals surface area contributed by atoms with Crippen molar-refractivity contribution in [2.75, 3.05) is 0 Å². The summed E-state index contributed by atoms with van der Waals surface area (Å²) < 4.78 is 6.39. The van der Waals surface area contributed by atoms with E-state index in [2.05, 4.69) is 0 Å². The molecule has 0 spiro atoms. The number of carbonyl (C=O) groups excluding carboxylic acids is 2. The van der Waals surface area contributed by atoms with Crippen LogP contribution in [0, 0.1) is 11.3 Å². The largest absolute Gasteiger partial charge is 0.446 e. The van der Waals surface area contributed by atoms with Crippen LogP contribution < -0.4 is 0 Å². The van der Waals surface area contributed by atoms with Crippen molar-refractivity contribution in [1.82, 2.24) is 0 Å².